The monoisotopic (exact) mass is 298 g/mol. The third-order valence-electron chi connectivity index (χ3n) is 3.47. The molecule has 1 aliphatic heterocycles. The number of hydrogen-bond acceptors (Lipinski definition) is 4. The Morgan fingerprint density at radius 1 is 1.33 bits per heavy atom. The van der Waals surface area contributed by atoms with Gasteiger partial charge < -0.3 is 10.1 Å². The lowest BCUT2D eigenvalue weighted by molar-refractivity contribution is 0.134. The van der Waals surface area contributed by atoms with Crippen LogP contribution in [0.25, 0.3) is 0 Å². The largest absolute Gasteiger partial charge is 0.381 e. The minimum atomic E-state index is -3.19. The van der Waals surface area contributed by atoms with E-state index < -0.39 is 10.0 Å². The third-order valence-corrected chi connectivity index (χ3v) is 5.60. The molecule has 7 heteroatoms. The van der Waals surface area contributed by atoms with Gasteiger partial charge in [-0.05, 0) is 32.7 Å². The number of sulfonamides is 1. The van der Waals surface area contributed by atoms with Crippen molar-refractivity contribution in [3.05, 3.63) is 0 Å². The number of rotatable bonds is 6. The molecule has 2 rings (SSSR count). The molecule has 108 valence electrons. The summed E-state index contributed by atoms with van der Waals surface area (Å²) in [4.78, 5) is 0. The Morgan fingerprint density at radius 2 is 2.00 bits per heavy atom. The summed E-state index contributed by atoms with van der Waals surface area (Å²) in [6.45, 7) is 3.51. The second kappa shape index (κ2) is 6.52. The standard InChI is InChI=1S/C11H22N2O3S.ClH/c1-9(16-2)8-17(14,15)13(10-3-4-10)11-5-6-12-7-11;/h9-12H,3-8H2,1-2H3;1H. The van der Waals surface area contributed by atoms with E-state index in [9.17, 15) is 8.42 Å². The highest BCUT2D eigenvalue weighted by atomic mass is 35.5. The average molecular weight is 299 g/mol. The van der Waals surface area contributed by atoms with Crippen molar-refractivity contribution in [3.8, 4) is 0 Å². The van der Waals surface area contributed by atoms with E-state index in [4.69, 9.17) is 4.74 Å². The molecule has 18 heavy (non-hydrogen) atoms. The maximum absolute atomic E-state index is 12.4. The first-order valence-corrected chi connectivity index (χ1v) is 7.90. The van der Waals surface area contributed by atoms with E-state index in [1.54, 1.807) is 18.3 Å². The maximum Gasteiger partial charge on any atom is 0.217 e. The summed E-state index contributed by atoms with van der Waals surface area (Å²) in [5, 5.41) is 3.24. The molecule has 0 amide bonds. The zero-order chi connectivity index (χ0) is 12.5. The molecule has 1 heterocycles. The van der Waals surface area contributed by atoms with Crippen molar-refractivity contribution in [2.75, 3.05) is 26.0 Å². The van der Waals surface area contributed by atoms with Crippen molar-refractivity contribution >= 4 is 22.4 Å². The van der Waals surface area contributed by atoms with Gasteiger partial charge in [0.1, 0.15) is 0 Å². The van der Waals surface area contributed by atoms with Crippen LogP contribution < -0.4 is 5.32 Å². The van der Waals surface area contributed by atoms with Gasteiger partial charge in [0.25, 0.3) is 0 Å². The molecule has 1 aliphatic carbocycles. The van der Waals surface area contributed by atoms with Crippen molar-refractivity contribution in [1.29, 1.82) is 0 Å². The SMILES string of the molecule is COC(C)CS(=O)(=O)N(C1CC1)C1CCNC1.Cl. The molecular weight excluding hydrogens is 276 g/mol. The molecule has 0 radical (unpaired) electrons. The van der Waals surface area contributed by atoms with Gasteiger partial charge >= 0.3 is 0 Å². The van der Waals surface area contributed by atoms with Gasteiger partial charge in [-0.3, -0.25) is 0 Å². The van der Waals surface area contributed by atoms with E-state index in [1.807, 2.05) is 0 Å². The lowest BCUT2D eigenvalue weighted by Gasteiger charge is -2.28. The number of nitrogens with zero attached hydrogens (tertiary/aromatic N) is 1. The molecule has 2 atom stereocenters. The number of ether oxygens (including phenoxy) is 1. The van der Waals surface area contributed by atoms with Gasteiger partial charge in [0, 0.05) is 25.7 Å². The minimum absolute atomic E-state index is 0. The normalized spacial score (nSPS) is 26.1. The van der Waals surface area contributed by atoms with Crippen molar-refractivity contribution in [3.63, 3.8) is 0 Å². The van der Waals surface area contributed by atoms with Crippen molar-refractivity contribution in [2.45, 2.75) is 44.4 Å². The molecule has 0 aromatic rings. The highest BCUT2D eigenvalue weighted by Gasteiger charge is 2.42. The van der Waals surface area contributed by atoms with Crippen LogP contribution in [0.1, 0.15) is 26.2 Å². The molecule has 0 bridgehead atoms. The number of methoxy groups -OCH3 is 1. The van der Waals surface area contributed by atoms with E-state index in [0.29, 0.717) is 0 Å². The van der Waals surface area contributed by atoms with Crippen LogP contribution in [0.3, 0.4) is 0 Å². The fourth-order valence-corrected chi connectivity index (χ4v) is 4.59. The second-order valence-corrected chi connectivity index (χ2v) is 6.95. The van der Waals surface area contributed by atoms with Crippen LogP contribution in [-0.2, 0) is 14.8 Å². The van der Waals surface area contributed by atoms with Crippen molar-refractivity contribution < 1.29 is 13.2 Å². The van der Waals surface area contributed by atoms with Crippen molar-refractivity contribution in [1.82, 2.24) is 9.62 Å². The quantitative estimate of drug-likeness (QED) is 0.780. The van der Waals surface area contributed by atoms with E-state index in [2.05, 4.69) is 5.32 Å². The summed E-state index contributed by atoms with van der Waals surface area (Å²) in [5.41, 5.74) is 0. The second-order valence-electron chi connectivity index (χ2n) is 5.03. The van der Waals surface area contributed by atoms with E-state index in [0.717, 1.165) is 32.4 Å². The Morgan fingerprint density at radius 3 is 2.44 bits per heavy atom. The van der Waals surface area contributed by atoms with Gasteiger partial charge in [0.15, 0.2) is 0 Å². The maximum atomic E-state index is 12.4. The third kappa shape index (κ3) is 3.81. The summed E-state index contributed by atoms with van der Waals surface area (Å²) in [6, 6.07) is 0.394. The molecule has 2 unspecified atom stereocenters. The van der Waals surface area contributed by atoms with Crippen LogP contribution in [0.15, 0.2) is 0 Å². The Hall–Kier alpha value is 0.120. The van der Waals surface area contributed by atoms with Crippen LogP contribution in [0, 0.1) is 0 Å². The highest BCUT2D eigenvalue weighted by molar-refractivity contribution is 7.89. The summed E-state index contributed by atoms with van der Waals surface area (Å²) in [7, 11) is -1.63. The topological polar surface area (TPSA) is 58.6 Å². The van der Waals surface area contributed by atoms with Crippen LogP contribution in [-0.4, -0.2) is 56.9 Å². The van der Waals surface area contributed by atoms with Crippen molar-refractivity contribution in [2.24, 2.45) is 0 Å². The van der Waals surface area contributed by atoms with Gasteiger partial charge in [-0.1, -0.05) is 0 Å². The first-order chi connectivity index (χ1) is 8.04. The molecule has 1 N–H and O–H groups in total. The molecule has 0 aromatic carbocycles. The predicted octanol–water partition coefficient (Wildman–Crippen LogP) is 0.599. The molecule has 1 saturated carbocycles. The average Bonchev–Trinajstić information content (AvgIpc) is 2.92. The number of nitrogens with one attached hydrogen (secondary N) is 1. The Labute approximate surface area is 116 Å². The fraction of sp³-hybridized carbons (Fsp3) is 1.00. The Bertz CT molecular complexity index is 353. The highest BCUT2D eigenvalue weighted by Crippen LogP contribution is 2.33. The molecule has 5 nitrogen and oxygen atoms in total. The Balaban J connectivity index is 0.00000162. The molecular formula is C11H23ClN2O3S. The molecule has 0 aromatic heterocycles. The number of halogens is 1. The summed E-state index contributed by atoms with van der Waals surface area (Å²) in [6.07, 6.45) is 2.71. The molecule has 2 aliphatic rings. The fourth-order valence-electron chi connectivity index (χ4n) is 2.39. The summed E-state index contributed by atoms with van der Waals surface area (Å²) < 4.78 is 31.6. The van der Waals surface area contributed by atoms with Gasteiger partial charge in [-0.2, -0.15) is 4.31 Å². The van der Waals surface area contributed by atoms with Crippen LogP contribution in [0.2, 0.25) is 0 Å². The summed E-state index contributed by atoms with van der Waals surface area (Å²) in [5.74, 6) is 0.0938. The lowest BCUT2D eigenvalue weighted by atomic mass is 10.2. The predicted molar refractivity (Wildman–Crippen MR) is 73.6 cm³/mol. The van der Waals surface area contributed by atoms with Crippen LogP contribution in [0.5, 0.6) is 0 Å². The van der Waals surface area contributed by atoms with E-state index >= 15 is 0 Å². The molecule has 0 spiro atoms. The zero-order valence-electron chi connectivity index (χ0n) is 11.0. The first-order valence-electron chi connectivity index (χ1n) is 6.29. The smallest absolute Gasteiger partial charge is 0.217 e. The van der Waals surface area contributed by atoms with Gasteiger partial charge in [-0.25, -0.2) is 8.42 Å². The Kier molecular flexibility index (Phi) is 5.86. The van der Waals surface area contributed by atoms with Gasteiger partial charge in [0.05, 0.1) is 11.9 Å². The number of hydrogen-bond donors (Lipinski definition) is 1. The van der Waals surface area contributed by atoms with E-state index in [-0.39, 0.29) is 36.3 Å². The zero-order valence-corrected chi connectivity index (χ0v) is 12.6. The summed E-state index contributed by atoms with van der Waals surface area (Å²) >= 11 is 0. The van der Waals surface area contributed by atoms with Gasteiger partial charge in [0.2, 0.25) is 10.0 Å². The van der Waals surface area contributed by atoms with Crippen LogP contribution in [0.4, 0.5) is 0 Å². The lowest BCUT2D eigenvalue weighted by Crippen LogP contribution is -2.45. The van der Waals surface area contributed by atoms with E-state index in [1.165, 1.54) is 0 Å². The molecule has 2 fully saturated rings. The minimum Gasteiger partial charge on any atom is -0.381 e. The van der Waals surface area contributed by atoms with Crippen LogP contribution >= 0.6 is 12.4 Å². The van der Waals surface area contributed by atoms with Gasteiger partial charge in [-0.15, -0.1) is 12.4 Å². The molecule has 1 saturated heterocycles. The first kappa shape index (κ1) is 16.2.